The molecule has 3 rings (SSSR count). The van der Waals surface area contributed by atoms with Crippen LogP contribution in [0.25, 0.3) is 11.1 Å². The van der Waals surface area contributed by atoms with Crippen molar-refractivity contribution < 1.29 is 23.1 Å². The van der Waals surface area contributed by atoms with Gasteiger partial charge in [-0.3, -0.25) is 4.79 Å². The van der Waals surface area contributed by atoms with Crippen LogP contribution in [0, 0.1) is 5.82 Å². The zero-order valence-corrected chi connectivity index (χ0v) is 13.4. The number of furan rings is 1. The number of ketones is 1. The predicted molar refractivity (Wildman–Crippen MR) is 89.8 cm³/mol. The first kappa shape index (κ1) is 16.6. The van der Waals surface area contributed by atoms with Crippen LogP contribution in [-0.4, -0.2) is 17.9 Å². The second kappa shape index (κ2) is 7.13. The van der Waals surface area contributed by atoms with Crippen molar-refractivity contribution in [1.82, 2.24) is 0 Å². The highest BCUT2D eigenvalue weighted by Gasteiger charge is 2.24. The van der Waals surface area contributed by atoms with Crippen molar-refractivity contribution in [2.45, 2.75) is 13.0 Å². The fourth-order valence-electron chi connectivity index (χ4n) is 2.43. The van der Waals surface area contributed by atoms with E-state index < -0.39 is 23.7 Å². The summed E-state index contributed by atoms with van der Waals surface area (Å²) >= 11 is 0. The molecule has 0 aliphatic carbocycles. The molecule has 0 bridgehead atoms. The zero-order chi connectivity index (χ0) is 17.8. The number of hydrogen-bond acceptors (Lipinski definition) is 4. The number of halogens is 1. The Kier molecular flexibility index (Phi) is 4.75. The molecular formula is C20H15FO4. The Labute approximate surface area is 143 Å². The monoisotopic (exact) mass is 338 g/mol. The van der Waals surface area contributed by atoms with Gasteiger partial charge in [-0.1, -0.05) is 30.3 Å². The van der Waals surface area contributed by atoms with Crippen LogP contribution in [0.5, 0.6) is 0 Å². The van der Waals surface area contributed by atoms with Crippen LogP contribution in [0.3, 0.4) is 0 Å². The van der Waals surface area contributed by atoms with Gasteiger partial charge in [-0.25, -0.2) is 9.18 Å². The Morgan fingerprint density at radius 2 is 1.68 bits per heavy atom. The Bertz CT molecular complexity index is 882. The zero-order valence-electron chi connectivity index (χ0n) is 13.4. The third-order valence-electron chi connectivity index (χ3n) is 3.72. The SMILES string of the molecule is CC(OC(=O)c1occc1-c1ccccc1)C(=O)c1ccc(F)cc1. The first-order chi connectivity index (χ1) is 12.1. The van der Waals surface area contributed by atoms with Gasteiger partial charge in [-0.05, 0) is 42.8 Å². The summed E-state index contributed by atoms with van der Waals surface area (Å²) in [5.74, 6) is -1.55. The molecule has 3 aromatic rings. The highest BCUT2D eigenvalue weighted by atomic mass is 19.1. The summed E-state index contributed by atoms with van der Waals surface area (Å²) in [7, 11) is 0. The van der Waals surface area contributed by atoms with Crippen LogP contribution < -0.4 is 0 Å². The summed E-state index contributed by atoms with van der Waals surface area (Å²) in [6.07, 6.45) is 0.373. The van der Waals surface area contributed by atoms with Crippen molar-refractivity contribution in [3.8, 4) is 11.1 Å². The number of carbonyl (C=O) groups excluding carboxylic acids is 2. The van der Waals surface area contributed by atoms with E-state index >= 15 is 0 Å². The molecule has 0 aliphatic heterocycles. The van der Waals surface area contributed by atoms with Gasteiger partial charge in [0.2, 0.25) is 11.5 Å². The molecule has 1 atom stereocenters. The topological polar surface area (TPSA) is 56.5 Å². The number of benzene rings is 2. The Morgan fingerprint density at radius 1 is 1.00 bits per heavy atom. The highest BCUT2D eigenvalue weighted by molar-refractivity contribution is 6.02. The summed E-state index contributed by atoms with van der Waals surface area (Å²) in [5, 5.41) is 0. The summed E-state index contributed by atoms with van der Waals surface area (Å²) in [6.45, 7) is 1.47. The standard InChI is InChI=1S/C20H15FO4/c1-13(18(22)15-7-9-16(21)10-8-15)25-20(23)19-17(11-12-24-19)14-5-3-2-4-6-14/h2-13H,1H3. The van der Waals surface area contributed by atoms with Gasteiger partial charge in [0.25, 0.3) is 0 Å². The molecule has 0 N–H and O–H groups in total. The molecule has 0 radical (unpaired) electrons. The van der Waals surface area contributed by atoms with Crippen LogP contribution in [0.15, 0.2) is 71.3 Å². The molecule has 2 aromatic carbocycles. The fourth-order valence-corrected chi connectivity index (χ4v) is 2.43. The number of Topliss-reactive ketones (excluding diaryl/α,β-unsaturated/α-hetero) is 1. The fraction of sp³-hybridized carbons (Fsp3) is 0.100. The lowest BCUT2D eigenvalue weighted by Gasteiger charge is -2.12. The number of rotatable bonds is 5. The third kappa shape index (κ3) is 3.66. The molecule has 0 saturated heterocycles. The van der Waals surface area contributed by atoms with Gasteiger partial charge in [0.1, 0.15) is 5.82 Å². The summed E-state index contributed by atoms with van der Waals surface area (Å²) in [6, 6.07) is 16.0. The van der Waals surface area contributed by atoms with Gasteiger partial charge in [0, 0.05) is 11.1 Å². The Morgan fingerprint density at radius 3 is 2.36 bits per heavy atom. The van der Waals surface area contributed by atoms with Crippen LogP contribution >= 0.6 is 0 Å². The molecule has 25 heavy (non-hydrogen) atoms. The second-order valence-electron chi connectivity index (χ2n) is 5.45. The average Bonchev–Trinajstić information content (AvgIpc) is 3.12. The molecule has 0 spiro atoms. The van der Waals surface area contributed by atoms with Crippen LogP contribution in [-0.2, 0) is 4.74 Å². The maximum absolute atomic E-state index is 12.9. The van der Waals surface area contributed by atoms with Crippen molar-refractivity contribution in [1.29, 1.82) is 0 Å². The molecule has 0 fully saturated rings. The average molecular weight is 338 g/mol. The van der Waals surface area contributed by atoms with E-state index in [1.54, 1.807) is 6.07 Å². The number of esters is 1. The molecule has 1 heterocycles. The van der Waals surface area contributed by atoms with E-state index in [0.29, 0.717) is 5.56 Å². The molecule has 4 nitrogen and oxygen atoms in total. The molecular weight excluding hydrogens is 323 g/mol. The van der Waals surface area contributed by atoms with E-state index in [1.165, 1.54) is 37.5 Å². The quantitative estimate of drug-likeness (QED) is 0.507. The van der Waals surface area contributed by atoms with Crippen molar-refractivity contribution in [3.63, 3.8) is 0 Å². The minimum atomic E-state index is -1.02. The summed E-state index contributed by atoms with van der Waals surface area (Å²) < 4.78 is 23.4. The van der Waals surface area contributed by atoms with Crippen molar-refractivity contribution in [3.05, 3.63) is 84.1 Å². The Balaban J connectivity index is 1.76. The molecule has 0 saturated carbocycles. The molecule has 126 valence electrons. The van der Waals surface area contributed by atoms with E-state index in [1.807, 2.05) is 30.3 Å². The van der Waals surface area contributed by atoms with Crippen LogP contribution in [0.2, 0.25) is 0 Å². The smallest absolute Gasteiger partial charge is 0.375 e. The van der Waals surface area contributed by atoms with E-state index in [4.69, 9.17) is 9.15 Å². The van der Waals surface area contributed by atoms with Gasteiger partial charge in [-0.2, -0.15) is 0 Å². The highest BCUT2D eigenvalue weighted by Crippen LogP contribution is 2.25. The summed E-state index contributed by atoms with van der Waals surface area (Å²) in [4.78, 5) is 24.7. The summed E-state index contributed by atoms with van der Waals surface area (Å²) in [5.41, 5.74) is 1.66. The number of carbonyl (C=O) groups is 2. The molecule has 0 aliphatic rings. The number of ether oxygens (including phenoxy) is 1. The van der Waals surface area contributed by atoms with Gasteiger partial charge in [0.15, 0.2) is 6.10 Å². The lowest BCUT2D eigenvalue weighted by atomic mass is 10.1. The van der Waals surface area contributed by atoms with Crippen molar-refractivity contribution in [2.24, 2.45) is 0 Å². The van der Waals surface area contributed by atoms with E-state index in [-0.39, 0.29) is 11.3 Å². The molecule has 0 amide bonds. The minimum absolute atomic E-state index is 0.0324. The van der Waals surface area contributed by atoms with Gasteiger partial charge >= 0.3 is 5.97 Å². The van der Waals surface area contributed by atoms with Crippen molar-refractivity contribution >= 4 is 11.8 Å². The maximum atomic E-state index is 12.9. The second-order valence-corrected chi connectivity index (χ2v) is 5.45. The van der Waals surface area contributed by atoms with Crippen LogP contribution in [0.4, 0.5) is 4.39 Å². The lowest BCUT2D eigenvalue weighted by Crippen LogP contribution is -2.24. The van der Waals surface area contributed by atoms with E-state index in [9.17, 15) is 14.0 Å². The van der Waals surface area contributed by atoms with E-state index in [2.05, 4.69) is 0 Å². The normalized spacial score (nSPS) is 11.8. The molecule has 1 aromatic heterocycles. The Hall–Kier alpha value is -3.21. The van der Waals surface area contributed by atoms with Crippen LogP contribution in [0.1, 0.15) is 27.8 Å². The van der Waals surface area contributed by atoms with E-state index in [0.717, 1.165) is 5.56 Å². The minimum Gasteiger partial charge on any atom is -0.457 e. The lowest BCUT2D eigenvalue weighted by molar-refractivity contribution is 0.0290. The third-order valence-corrected chi connectivity index (χ3v) is 3.72. The first-order valence-electron chi connectivity index (χ1n) is 7.70. The number of hydrogen-bond donors (Lipinski definition) is 0. The van der Waals surface area contributed by atoms with Gasteiger partial charge < -0.3 is 9.15 Å². The van der Waals surface area contributed by atoms with Gasteiger partial charge in [0.05, 0.1) is 6.26 Å². The maximum Gasteiger partial charge on any atom is 0.375 e. The first-order valence-corrected chi connectivity index (χ1v) is 7.70. The molecule has 5 heteroatoms. The predicted octanol–water partition coefficient (Wildman–Crippen LogP) is 4.51. The largest absolute Gasteiger partial charge is 0.457 e. The van der Waals surface area contributed by atoms with Gasteiger partial charge in [-0.15, -0.1) is 0 Å². The van der Waals surface area contributed by atoms with Crippen molar-refractivity contribution in [2.75, 3.05) is 0 Å². The molecule has 1 unspecified atom stereocenters.